The van der Waals surface area contributed by atoms with E-state index in [1.807, 2.05) is 36.4 Å². The summed E-state index contributed by atoms with van der Waals surface area (Å²) in [7, 11) is 1.60. The van der Waals surface area contributed by atoms with Gasteiger partial charge in [0.1, 0.15) is 18.8 Å². The van der Waals surface area contributed by atoms with Crippen LogP contribution in [0.5, 0.6) is 11.5 Å². The number of hydrogen-bond acceptors (Lipinski definition) is 7. The number of rotatable bonds is 12. The van der Waals surface area contributed by atoms with Crippen molar-refractivity contribution in [3.05, 3.63) is 48.3 Å². The summed E-state index contributed by atoms with van der Waals surface area (Å²) in [6.45, 7) is 0.150. The topological polar surface area (TPSA) is 93.6 Å². The van der Waals surface area contributed by atoms with Crippen LogP contribution in [0.4, 0.5) is 11.5 Å². The van der Waals surface area contributed by atoms with Crippen LogP contribution in [0.1, 0.15) is 37.7 Å². The lowest BCUT2D eigenvalue weighted by Crippen LogP contribution is -2.03. The van der Waals surface area contributed by atoms with Gasteiger partial charge in [-0.05, 0) is 37.1 Å². The molecule has 166 valence electrons. The molecule has 0 radical (unpaired) electrons. The monoisotopic (exact) mass is 433 g/mol. The molecule has 0 fully saturated rings. The van der Waals surface area contributed by atoms with Crippen LogP contribution in [-0.2, 0) is 4.79 Å². The Hall–Kier alpha value is -3.63. The first kappa shape index (κ1) is 23.0. The Balaban J connectivity index is 1.69. The number of aliphatic hydroxyl groups is 1. The number of benzene rings is 2. The third kappa shape index (κ3) is 6.19. The predicted molar refractivity (Wildman–Crippen MR) is 124 cm³/mol. The molecule has 3 aromatic rings. The van der Waals surface area contributed by atoms with Crippen LogP contribution >= 0.6 is 0 Å². The maximum atomic E-state index is 11.1. The van der Waals surface area contributed by atoms with Crippen molar-refractivity contribution in [2.24, 2.45) is 0 Å². The molecule has 0 saturated carbocycles. The molecular weight excluding hydrogens is 406 g/mol. The molecule has 0 atom stereocenters. The van der Waals surface area contributed by atoms with Gasteiger partial charge in [0.15, 0.2) is 17.3 Å². The second kappa shape index (κ2) is 11.7. The Morgan fingerprint density at radius 1 is 1.12 bits per heavy atom. The van der Waals surface area contributed by atoms with E-state index in [1.165, 1.54) is 6.33 Å². The number of anilines is 2. The number of carbonyl (C=O) groups excluding carboxylic acids is 1. The van der Waals surface area contributed by atoms with Gasteiger partial charge < -0.3 is 19.9 Å². The standard InChI is InChI=1S/C25H27N3O4/c1-3-18-9-8-10-19(13-18)28-25-21-14-24(23(31-2)15-22(21)26-17-27-25)32-12-7-5-4-6-11-20(30)16-29/h1,8-10,13-15,17,29H,4-7,11-12,16H2,2H3,(H,26,27,28). The fourth-order valence-electron chi connectivity index (χ4n) is 3.30. The zero-order chi connectivity index (χ0) is 22.8. The summed E-state index contributed by atoms with van der Waals surface area (Å²) < 4.78 is 11.5. The van der Waals surface area contributed by atoms with Crippen molar-refractivity contribution < 1.29 is 19.4 Å². The molecule has 0 aliphatic rings. The number of aromatic nitrogens is 2. The summed E-state index contributed by atoms with van der Waals surface area (Å²) in [5.41, 5.74) is 2.34. The molecule has 2 N–H and O–H groups in total. The van der Waals surface area contributed by atoms with Crippen molar-refractivity contribution in [1.29, 1.82) is 0 Å². The molecular formula is C25H27N3O4. The summed E-state index contributed by atoms with van der Waals surface area (Å²) in [4.78, 5) is 19.9. The fraction of sp³-hybridized carbons (Fsp3) is 0.320. The van der Waals surface area contributed by atoms with Crippen LogP contribution in [0.25, 0.3) is 10.9 Å². The second-order valence-corrected chi connectivity index (χ2v) is 7.30. The lowest BCUT2D eigenvalue weighted by atomic mass is 10.1. The van der Waals surface area contributed by atoms with E-state index in [0.29, 0.717) is 30.3 Å². The Bertz CT molecular complexity index is 1110. The average molecular weight is 434 g/mol. The molecule has 2 aromatic carbocycles. The number of Topliss-reactive ketones (excluding diaryl/α,β-unsaturated/α-hetero) is 1. The van der Waals surface area contributed by atoms with Crippen LogP contribution in [0.2, 0.25) is 0 Å². The van der Waals surface area contributed by atoms with E-state index >= 15 is 0 Å². The van der Waals surface area contributed by atoms with Crippen LogP contribution in [0, 0.1) is 12.3 Å². The Labute approximate surface area is 187 Å². The Kier molecular flexibility index (Phi) is 8.41. The van der Waals surface area contributed by atoms with Crippen molar-refractivity contribution >= 4 is 28.2 Å². The maximum absolute atomic E-state index is 11.1. The van der Waals surface area contributed by atoms with Gasteiger partial charge in [-0.2, -0.15) is 0 Å². The lowest BCUT2D eigenvalue weighted by molar-refractivity contribution is -0.121. The molecule has 32 heavy (non-hydrogen) atoms. The number of terminal acetylenes is 1. The van der Waals surface area contributed by atoms with Crippen molar-refractivity contribution in [1.82, 2.24) is 9.97 Å². The smallest absolute Gasteiger partial charge is 0.162 e. The van der Waals surface area contributed by atoms with Crippen LogP contribution < -0.4 is 14.8 Å². The molecule has 0 bridgehead atoms. The first-order valence-corrected chi connectivity index (χ1v) is 10.6. The molecule has 7 heteroatoms. The Morgan fingerprint density at radius 3 is 2.75 bits per heavy atom. The van der Waals surface area contributed by atoms with Crippen molar-refractivity contribution in [2.45, 2.75) is 32.1 Å². The molecule has 7 nitrogen and oxygen atoms in total. The van der Waals surface area contributed by atoms with Crippen molar-refractivity contribution in [3.63, 3.8) is 0 Å². The number of ether oxygens (including phenoxy) is 2. The van der Waals surface area contributed by atoms with Gasteiger partial charge in [-0.25, -0.2) is 9.97 Å². The molecule has 0 unspecified atom stereocenters. The van der Waals surface area contributed by atoms with E-state index in [-0.39, 0.29) is 12.4 Å². The van der Waals surface area contributed by atoms with E-state index in [2.05, 4.69) is 21.2 Å². The molecule has 0 saturated heterocycles. The van der Waals surface area contributed by atoms with Crippen molar-refractivity contribution in [3.8, 4) is 23.8 Å². The van der Waals surface area contributed by atoms with Crippen LogP contribution in [0.15, 0.2) is 42.7 Å². The fourth-order valence-corrected chi connectivity index (χ4v) is 3.30. The highest BCUT2D eigenvalue weighted by Gasteiger charge is 2.12. The van der Waals surface area contributed by atoms with Crippen molar-refractivity contribution in [2.75, 3.05) is 25.6 Å². The van der Waals surface area contributed by atoms with Crippen LogP contribution in [-0.4, -0.2) is 41.2 Å². The summed E-state index contributed by atoms with van der Waals surface area (Å²) in [6, 6.07) is 11.3. The zero-order valence-electron chi connectivity index (χ0n) is 18.1. The first-order valence-electron chi connectivity index (χ1n) is 10.6. The van der Waals surface area contributed by atoms with E-state index in [9.17, 15) is 4.79 Å². The predicted octanol–water partition coefficient (Wildman–Crippen LogP) is 4.25. The number of ketones is 1. The number of carbonyl (C=O) groups is 1. The first-order chi connectivity index (χ1) is 15.6. The maximum Gasteiger partial charge on any atom is 0.162 e. The van der Waals surface area contributed by atoms with E-state index < -0.39 is 0 Å². The van der Waals surface area contributed by atoms with Gasteiger partial charge in [-0.1, -0.05) is 24.8 Å². The minimum absolute atomic E-state index is 0.111. The highest BCUT2D eigenvalue weighted by Crippen LogP contribution is 2.35. The molecule has 3 rings (SSSR count). The second-order valence-electron chi connectivity index (χ2n) is 7.30. The molecule has 1 aromatic heterocycles. The highest BCUT2D eigenvalue weighted by molar-refractivity contribution is 5.93. The zero-order valence-corrected chi connectivity index (χ0v) is 18.1. The number of nitrogens with one attached hydrogen (secondary N) is 1. The molecule has 0 aliphatic heterocycles. The number of nitrogens with zero attached hydrogens (tertiary/aromatic N) is 2. The molecule has 0 spiro atoms. The SMILES string of the molecule is C#Cc1cccc(Nc2ncnc3cc(OC)c(OCCCCCCC(=O)CO)cc23)c1. The van der Waals surface area contributed by atoms with Gasteiger partial charge in [-0.15, -0.1) is 6.42 Å². The third-order valence-electron chi connectivity index (χ3n) is 5.00. The summed E-state index contributed by atoms with van der Waals surface area (Å²) in [5, 5.41) is 12.9. The number of aliphatic hydroxyl groups excluding tert-OH is 1. The summed E-state index contributed by atoms with van der Waals surface area (Å²) >= 11 is 0. The molecule has 0 aliphatic carbocycles. The largest absolute Gasteiger partial charge is 0.493 e. The van der Waals surface area contributed by atoms with E-state index in [1.54, 1.807) is 7.11 Å². The van der Waals surface area contributed by atoms with Gasteiger partial charge in [0.25, 0.3) is 0 Å². The average Bonchev–Trinajstić information content (AvgIpc) is 2.83. The molecule has 0 amide bonds. The van der Waals surface area contributed by atoms with Crippen LogP contribution in [0.3, 0.4) is 0 Å². The third-order valence-corrected chi connectivity index (χ3v) is 5.00. The van der Waals surface area contributed by atoms with E-state index in [0.717, 1.165) is 47.8 Å². The lowest BCUT2D eigenvalue weighted by Gasteiger charge is -2.14. The summed E-state index contributed by atoms with van der Waals surface area (Å²) in [5.74, 6) is 4.38. The van der Waals surface area contributed by atoms with Gasteiger partial charge in [-0.3, -0.25) is 4.79 Å². The number of hydrogen-bond donors (Lipinski definition) is 2. The minimum Gasteiger partial charge on any atom is -0.493 e. The molecule has 1 heterocycles. The number of methoxy groups -OCH3 is 1. The Morgan fingerprint density at radius 2 is 1.97 bits per heavy atom. The number of unbranched alkanes of at least 4 members (excludes halogenated alkanes) is 3. The van der Waals surface area contributed by atoms with E-state index in [4.69, 9.17) is 21.0 Å². The van der Waals surface area contributed by atoms with Gasteiger partial charge >= 0.3 is 0 Å². The number of fused-ring (bicyclic) bond motifs is 1. The quantitative estimate of drug-likeness (QED) is 0.326. The highest BCUT2D eigenvalue weighted by atomic mass is 16.5. The van der Waals surface area contributed by atoms with Gasteiger partial charge in [0.2, 0.25) is 0 Å². The minimum atomic E-state index is -0.374. The van der Waals surface area contributed by atoms with Gasteiger partial charge in [0, 0.05) is 29.1 Å². The van der Waals surface area contributed by atoms with Gasteiger partial charge in [0.05, 0.1) is 19.2 Å². The summed E-state index contributed by atoms with van der Waals surface area (Å²) in [6.07, 6.45) is 10.9. The normalized spacial score (nSPS) is 10.5.